The molecule has 1 aliphatic heterocycles. The van der Waals surface area contributed by atoms with Crippen LogP contribution in [-0.4, -0.2) is 70.5 Å². The molecular weight excluding hydrogens is 602 g/mol. The van der Waals surface area contributed by atoms with Gasteiger partial charge in [-0.1, -0.05) is 11.2 Å². The molecule has 2 aliphatic carbocycles. The standard InChI is InChI=1S/C27H28F6N6O5/c1-42-11-15(39-10-17(27(31,32)33)34-25(39)41)14-4-5-16-21(18(14)28)36-24(43-16)20(13-6-8-26(29,30)9-7-13)35-23(40)22-19(12-2-3-12)37-44-38-22/h4-5,12-13,15,17,20H,2-3,6-11H2,1H3,(H,34,41)(H,35,40)/t15-,17+,20+/m1/s1. The highest BCUT2D eigenvalue weighted by molar-refractivity contribution is 5.93. The van der Waals surface area contributed by atoms with Crippen LogP contribution in [0.15, 0.2) is 21.2 Å². The number of fused-ring (bicyclic) bond motifs is 1. The Kier molecular flexibility index (Phi) is 7.70. The maximum absolute atomic E-state index is 16.0. The third kappa shape index (κ3) is 5.80. The number of benzene rings is 1. The summed E-state index contributed by atoms with van der Waals surface area (Å²) in [6.45, 7) is -1.09. The van der Waals surface area contributed by atoms with E-state index in [1.165, 1.54) is 19.2 Å². The number of alkyl halides is 5. The molecular formula is C27H28F6N6O5. The minimum atomic E-state index is -4.71. The van der Waals surface area contributed by atoms with Crippen molar-refractivity contribution in [2.45, 2.75) is 74.7 Å². The number of urea groups is 1. The van der Waals surface area contributed by atoms with Gasteiger partial charge in [-0.3, -0.25) is 4.79 Å². The first kappa shape index (κ1) is 30.1. The molecule has 3 fully saturated rings. The number of carbonyl (C=O) groups is 2. The first-order chi connectivity index (χ1) is 20.9. The predicted octanol–water partition coefficient (Wildman–Crippen LogP) is 5.17. The number of nitrogens with zero attached hydrogens (tertiary/aromatic N) is 4. The van der Waals surface area contributed by atoms with E-state index < -0.39 is 73.3 Å². The van der Waals surface area contributed by atoms with Crippen molar-refractivity contribution in [1.29, 1.82) is 0 Å². The van der Waals surface area contributed by atoms with Crippen LogP contribution in [0.3, 0.4) is 0 Å². The summed E-state index contributed by atoms with van der Waals surface area (Å²) in [5.41, 5.74) is -0.205. The first-order valence-electron chi connectivity index (χ1n) is 14.1. The average Bonchev–Trinajstić information content (AvgIpc) is 3.34. The molecule has 3 aliphatic rings. The van der Waals surface area contributed by atoms with Crippen molar-refractivity contribution in [2.24, 2.45) is 5.92 Å². The number of methoxy groups -OCH3 is 1. The van der Waals surface area contributed by atoms with Gasteiger partial charge in [0.05, 0.1) is 19.2 Å². The summed E-state index contributed by atoms with van der Waals surface area (Å²) in [5.74, 6) is -5.20. The molecule has 11 nitrogen and oxygen atoms in total. The lowest BCUT2D eigenvalue weighted by Gasteiger charge is -2.32. The number of hydrogen-bond donors (Lipinski definition) is 2. The van der Waals surface area contributed by atoms with Crippen LogP contribution in [-0.2, 0) is 4.74 Å². The van der Waals surface area contributed by atoms with Gasteiger partial charge in [-0.25, -0.2) is 27.6 Å². The first-order valence-corrected chi connectivity index (χ1v) is 14.1. The SMILES string of the molecule is COC[C@H](c1ccc2oc([C@@H](NC(=O)c3nonc3C3CC3)C3CCC(F)(F)CC3)nc2c1F)N1C[C@@H](C(F)(F)F)NC1=O. The Balaban J connectivity index is 1.33. The molecule has 0 spiro atoms. The van der Waals surface area contributed by atoms with Crippen molar-refractivity contribution in [3.05, 3.63) is 40.8 Å². The molecule has 1 aromatic carbocycles. The lowest BCUT2D eigenvalue weighted by molar-refractivity contribution is -0.150. The number of carbonyl (C=O) groups excluding carboxylic acids is 2. The lowest BCUT2D eigenvalue weighted by atomic mass is 9.82. The zero-order valence-electron chi connectivity index (χ0n) is 23.3. The second-order valence-corrected chi connectivity index (χ2v) is 11.5. The molecule has 3 atom stereocenters. The Morgan fingerprint density at radius 2 is 1.93 bits per heavy atom. The predicted molar refractivity (Wildman–Crippen MR) is 137 cm³/mol. The van der Waals surface area contributed by atoms with Crippen LogP contribution in [0.1, 0.15) is 84.2 Å². The van der Waals surface area contributed by atoms with Crippen molar-refractivity contribution in [1.82, 2.24) is 30.8 Å². The van der Waals surface area contributed by atoms with Gasteiger partial charge in [-0.15, -0.1) is 0 Å². The Hall–Kier alpha value is -3.89. The Morgan fingerprint density at radius 1 is 1.20 bits per heavy atom. The van der Waals surface area contributed by atoms with Crippen molar-refractivity contribution < 1.29 is 49.7 Å². The minimum absolute atomic E-state index is 0.0112. The summed E-state index contributed by atoms with van der Waals surface area (Å²) in [6, 6.07) is -2.89. The van der Waals surface area contributed by atoms with Gasteiger partial charge in [0.1, 0.15) is 23.3 Å². The van der Waals surface area contributed by atoms with Crippen LogP contribution in [0.4, 0.5) is 31.1 Å². The number of oxazole rings is 1. The monoisotopic (exact) mass is 630 g/mol. The Morgan fingerprint density at radius 3 is 2.57 bits per heavy atom. The molecule has 2 N–H and O–H groups in total. The highest BCUT2D eigenvalue weighted by Gasteiger charge is 2.49. The number of halogens is 6. The van der Waals surface area contributed by atoms with Crippen LogP contribution < -0.4 is 10.6 Å². The molecule has 3 amide bonds. The molecule has 1 saturated heterocycles. The van der Waals surface area contributed by atoms with Crippen LogP contribution in [0.25, 0.3) is 11.1 Å². The number of rotatable bonds is 9. The molecule has 2 aromatic heterocycles. The van der Waals surface area contributed by atoms with E-state index in [9.17, 15) is 31.5 Å². The normalized spacial score (nSPS) is 22.3. The number of hydrogen-bond acceptors (Lipinski definition) is 8. The van der Waals surface area contributed by atoms with Crippen molar-refractivity contribution in [3.63, 3.8) is 0 Å². The van der Waals surface area contributed by atoms with E-state index in [1.54, 1.807) is 0 Å². The largest absolute Gasteiger partial charge is 0.438 e. The van der Waals surface area contributed by atoms with Gasteiger partial charge in [0.15, 0.2) is 17.1 Å². The van der Waals surface area contributed by atoms with E-state index in [2.05, 4.69) is 20.6 Å². The molecule has 238 valence electrons. The maximum atomic E-state index is 16.0. The Bertz CT molecular complexity index is 1550. The van der Waals surface area contributed by atoms with E-state index in [0.717, 1.165) is 17.7 Å². The lowest BCUT2D eigenvalue weighted by Crippen LogP contribution is -2.40. The van der Waals surface area contributed by atoms with Gasteiger partial charge in [-0.2, -0.15) is 13.2 Å². The van der Waals surface area contributed by atoms with Crippen LogP contribution in [0.2, 0.25) is 0 Å². The van der Waals surface area contributed by atoms with Gasteiger partial charge in [0.2, 0.25) is 11.8 Å². The second-order valence-electron chi connectivity index (χ2n) is 11.5. The van der Waals surface area contributed by atoms with Crippen molar-refractivity contribution >= 4 is 23.0 Å². The smallest absolute Gasteiger partial charge is 0.410 e. The third-order valence-corrected chi connectivity index (χ3v) is 8.42. The van der Waals surface area contributed by atoms with Crippen molar-refractivity contribution in [2.75, 3.05) is 20.3 Å². The molecule has 17 heteroatoms. The molecule has 2 saturated carbocycles. The van der Waals surface area contributed by atoms with Crippen LogP contribution >= 0.6 is 0 Å². The highest BCUT2D eigenvalue weighted by atomic mass is 19.4. The van der Waals surface area contributed by atoms with Gasteiger partial charge in [-0.05, 0) is 42.8 Å². The minimum Gasteiger partial charge on any atom is -0.438 e. The van der Waals surface area contributed by atoms with E-state index in [1.807, 2.05) is 5.32 Å². The summed E-state index contributed by atoms with van der Waals surface area (Å²) in [5, 5.41) is 12.1. The fourth-order valence-corrected chi connectivity index (χ4v) is 5.87. The summed E-state index contributed by atoms with van der Waals surface area (Å²) in [7, 11) is 1.26. The quantitative estimate of drug-likeness (QED) is 0.310. The fraction of sp³-hybridized carbons (Fsp3) is 0.593. The molecule has 44 heavy (non-hydrogen) atoms. The molecule has 3 heterocycles. The second kappa shape index (κ2) is 11.2. The molecule has 0 radical (unpaired) electrons. The summed E-state index contributed by atoms with van der Waals surface area (Å²) in [6.07, 6.45) is -3.94. The number of amides is 3. The van der Waals surface area contributed by atoms with Gasteiger partial charge < -0.3 is 24.7 Å². The Labute approximate surface area is 245 Å². The number of ether oxygens (including phenoxy) is 1. The van der Waals surface area contributed by atoms with Gasteiger partial charge >= 0.3 is 12.2 Å². The topological polar surface area (TPSA) is 136 Å². The number of nitrogens with one attached hydrogen (secondary N) is 2. The average molecular weight is 631 g/mol. The highest BCUT2D eigenvalue weighted by Crippen LogP contribution is 2.43. The summed E-state index contributed by atoms with van der Waals surface area (Å²) >= 11 is 0. The van der Waals surface area contributed by atoms with E-state index in [0.29, 0.717) is 5.69 Å². The zero-order valence-corrected chi connectivity index (χ0v) is 23.3. The molecule has 3 aromatic rings. The van der Waals surface area contributed by atoms with E-state index in [-0.39, 0.29) is 53.6 Å². The molecule has 0 bridgehead atoms. The van der Waals surface area contributed by atoms with Crippen molar-refractivity contribution in [3.8, 4) is 0 Å². The fourth-order valence-electron chi connectivity index (χ4n) is 5.87. The van der Waals surface area contributed by atoms with E-state index in [4.69, 9.17) is 13.8 Å². The molecule has 0 unspecified atom stereocenters. The number of aromatic nitrogens is 3. The van der Waals surface area contributed by atoms with Gasteiger partial charge in [0, 0.05) is 31.4 Å². The third-order valence-electron chi connectivity index (χ3n) is 8.42. The summed E-state index contributed by atoms with van der Waals surface area (Å²) < 4.78 is 99.7. The zero-order chi connectivity index (χ0) is 31.4. The summed E-state index contributed by atoms with van der Waals surface area (Å²) in [4.78, 5) is 30.9. The van der Waals surface area contributed by atoms with E-state index >= 15 is 4.39 Å². The van der Waals surface area contributed by atoms with Crippen LogP contribution in [0, 0.1) is 11.7 Å². The molecule has 6 rings (SSSR count). The van der Waals surface area contributed by atoms with Crippen LogP contribution in [0.5, 0.6) is 0 Å². The maximum Gasteiger partial charge on any atom is 0.410 e. The van der Waals surface area contributed by atoms with Gasteiger partial charge in [0.25, 0.3) is 5.91 Å².